The van der Waals surface area contributed by atoms with E-state index < -0.39 is 15.9 Å². The van der Waals surface area contributed by atoms with Crippen LogP contribution < -0.4 is 10.6 Å². The zero-order valence-corrected chi connectivity index (χ0v) is 13.2. The minimum Gasteiger partial charge on any atom is -0.366 e. The van der Waals surface area contributed by atoms with E-state index in [-0.39, 0.29) is 5.56 Å². The molecule has 0 atom stereocenters. The van der Waals surface area contributed by atoms with Crippen LogP contribution >= 0.6 is 11.6 Å². The molecular weight excluding hydrogens is 316 g/mol. The van der Waals surface area contributed by atoms with Crippen molar-refractivity contribution in [1.82, 2.24) is 9.29 Å². The van der Waals surface area contributed by atoms with E-state index in [0.717, 1.165) is 0 Å². The van der Waals surface area contributed by atoms with E-state index in [9.17, 15) is 13.2 Å². The Morgan fingerprint density at radius 2 is 2.05 bits per heavy atom. The fourth-order valence-corrected chi connectivity index (χ4v) is 3.40. The molecule has 0 saturated carbocycles. The van der Waals surface area contributed by atoms with Gasteiger partial charge in [-0.3, -0.25) is 4.79 Å². The molecule has 9 heteroatoms. The SMILES string of the molecule is CS(=O)(=O)N1CCCN(c2ncc(C(N)=O)cc2Cl)CC1. The van der Waals surface area contributed by atoms with Gasteiger partial charge in [0.05, 0.1) is 16.8 Å². The topological polar surface area (TPSA) is 96.6 Å². The number of halogens is 1. The molecule has 0 aliphatic carbocycles. The first kappa shape index (κ1) is 16.0. The van der Waals surface area contributed by atoms with Gasteiger partial charge in [0.25, 0.3) is 0 Å². The normalized spacial score (nSPS) is 17.5. The second-order valence-electron chi connectivity index (χ2n) is 4.90. The van der Waals surface area contributed by atoms with E-state index in [2.05, 4.69) is 4.98 Å². The fourth-order valence-electron chi connectivity index (χ4n) is 2.24. The minimum atomic E-state index is -3.19. The Balaban J connectivity index is 2.18. The van der Waals surface area contributed by atoms with Crippen molar-refractivity contribution in [3.63, 3.8) is 0 Å². The van der Waals surface area contributed by atoms with Crippen molar-refractivity contribution in [3.05, 3.63) is 22.8 Å². The highest BCUT2D eigenvalue weighted by Crippen LogP contribution is 2.25. The molecule has 1 amide bonds. The van der Waals surface area contributed by atoms with Crippen LogP contribution in [0.4, 0.5) is 5.82 Å². The first-order valence-corrected chi connectivity index (χ1v) is 8.67. The Morgan fingerprint density at radius 3 is 2.62 bits per heavy atom. The molecule has 1 aromatic heterocycles. The number of rotatable bonds is 3. The molecule has 0 unspecified atom stereocenters. The highest BCUT2D eigenvalue weighted by molar-refractivity contribution is 7.88. The lowest BCUT2D eigenvalue weighted by Gasteiger charge is -2.23. The first-order valence-electron chi connectivity index (χ1n) is 6.44. The van der Waals surface area contributed by atoms with Crippen LogP contribution in [-0.2, 0) is 10.0 Å². The summed E-state index contributed by atoms with van der Waals surface area (Å²) >= 11 is 6.14. The number of hydrogen-bond acceptors (Lipinski definition) is 5. The monoisotopic (exact) mass is 332 g/mol. The summed E-state index contributed by atoms with van der Waals surface area (Å²) in [6.45, 7) is 2.01. The molecule has 116 valence electrons. The predicted octanol–water partition coefficient (Wildman–Crippen LogP) is 0.306. The van der Waals surface area contributed by atoms with Crippen molar-refractivity contribution in [2.45, 2.75) is 6.42 Å². The van der Waals surface area contributed by atoms with E-state index in [1.165, 1.54) is 22.8 Å². The van der Waals surface area contributed by atoms with Crippen LogP contribution in [0.15, 0.2) is 12.3 Å². The minimum absolute atomic E-state index is 0.247. The highest BCUT2D eigenvalue weighted by Gasteiger charge is 2.23. The molecule has 2 rings (SSSR count). The van der Waals surface area contributed by atoms with Gasteiger partial charge in [-0.15, -0.1) is 0 Å². The number of primary amides is 1. The fraction of sp³-hybridized carbons (Fsp3) is 0.500. The smallest absolute Gasteiger partial charge is 0.250 e. The Labute approximate surface area is 128 Å². The van der Waals surface area contributed by atoms with Gasteiger partial charge in [0, 0.05) is 32.4 Å². The lowest BCUT2D eigenvalue weighted by atomic mass is 10.2. The number of nitrogens with zero attached hydrogens (tertiary/aromatic N) is 3. The summed E-state index contributed by atoms with van der Waals surface area (Å²) < 4.78 is 24.6. The Bertz CT molecular complexity index is 650. The largest absolute Gasteiger partial charge is 0.366 e. The third-order valence-electron chi connectivity index (χ3n) is 3.33. The van der Waals surface area contributed by atoms with E-state index >= 15 is 0 Å². The summed E-state index contributed by atoms with van der Waals surface area (Å²) in [5.41, 5.74) is 5.42. The zero-order valence-electron chi connectivity index (χ0n) is 11.6. The lowest BCUT2D eigenvalue weighted by molar-refractivity contribution is 0.1000. The van der Waals surface area contributed by atoms with Crippen molar-refractivity contribution < 1.29 is 13.2 Å². The average Bonchev–Trinajstić information content (AvgIpc) is 2.63. The second-order valence-corrected chi connectivity index (χ2v) is 7.29. The molecule has 2 N–H and O–H groups in total. The van der Waals surface area contributed by atoms with E-state index in [4.69, 9.17) is 17.3 Å². The van der Waals surface area contributed by atoms with Gasteiger partial charge < -0.3 is 10.6 Å². The van der Waals surface area contributed by atoms with Gasteiger partial charge in [0.15, 0.2) is 0 Å². The molecule has 1 aliphatic rings. The van der Waals surface area contributed by atoms with E-state index in [1.54, 1.807) is 0 Å². The van der Waals surface area contributed by atoms with Crippen LogP contribution in [0.25, 0.3) is 0 Å². The molecule has 0 radical (unpaired) electrons. The molecule has 1 saturated heterocycles. The number of hydrogen-bond donors (Lipinski definition) is 1. The molecule has 0 bridgehead atoms. The quantitative estimate of drug-likeness (QED) is 0.859. The summed E-state index contributed by atoms with van der Waals surface area (Å²) in [4.78, 5) is 17.2. The maximum atomic E-state index is 11.6. The summed E-state index contributed by atoms with van der Waals surface area (Å²) in [6, 6.07) is 1.48. The van der Waals surface area contributed by atoms with Crippen LogP contribution in [0.2, 0.25) is 5.02 Å². The van der Waals surface area contributed by atoms with Crippen LogP contribution in [0.1, 0.15) is 16.8 Å². The molecule has 1 fully saturated rings. The van der Waals surface area contributed by atoms with Crippen molar-refractivity contribution in [1.29, 1.82) is 0 Å². The van der Waals surface area contributed by atoms with Crippen molar-refractivity contribution in [2.75, 3.05) is 37.3 Å². The van der Waals surface area contributed by atoms with Crippen LogP contribution in [0.3, 0.4) is 0 Å². The Morgan fingerprint density at radius 1 is 1.33 bits per heavy atom. The van der Waals surface area contributed by atoms with Gasteiger partial charge in [-0.05, 0) is 12.5 Å². The number of carbonyl (C=O) groups is 1. The maximum Gasteiger partial charge on any atom is 0.250 e. The zero-order chi connectivity index (χ0) is 15.6. The third-order valence-corrected chi connectivity index (χ3v) is 4.91. The Hall–Kier alpha value is -1.38. The van der Waals surface area contributed by atoms with Gasteiger partial charge in [-0.25, -0.2) is 17.7 Å². The third kappa shape index (κ3) is 3.84. The average molecular weight is 333 g/mol. The van der Waals surface area contributed by atoms with Crippen molar-refractivity contribution in [3.8, 4) is 0 Å². The number of pyridine rings is 1. The van der Waals surface area contributed by atoms with Gasteiger partial charge in [-0.2, -0.15) is 0 Å². The van der Waals surface area contributed by atoms with Crippen LogP contribution in [0.5, 0.6) is 0 Å². The molecule has 1 aliphatic heterocycles. The predicted molar refractivity (Wildman–Crippen MR) is 81.0 cm³/mol. The standard InChI is InChI=1S/C12H17ClN4O3S/c1-21(19,20)17-4-2-3-16(5-6-17)12-10(13)7-9(8-15-12)11(14)18/h7-8H,2-6H2,1H3,(H2,14,18). The molecule has 2 heterocycles. The molecule has 21 heavy (non-hydrogen) atoms. The summed E-state index contributed by atoms with van der Waals surface area (Å²) in [6.07, 6.45) is 3.26. The molecule has 1 aromatic rings. The summed E-state index contributed by atoms with van der Waals surface area (Å²) in [5.74, 6) is -0.0490. The number of anilines is 1. The van der Waals surface area contributed by atoms with Crippen LogP contribution in [-0.4, -0.2) is 56.0 Å². The Kier molecular flexibility index (Phi) is 4.70. The van der Waals surface area contributed by atoms with Gasteiger partial charge in [-0.1, -0.05) is 11.6 Å². The van der Waals surface area contributed by atoms with Crippen LogP contribution in [0, 0.1) is 0 Å². The molecular formula is C12H17ClN4O3S. The molecule has 7 nitrogen and oxygen atoms in total. The number of carbonyl (C=O) groups excluding carboxylic acids is 1. The lowest BCUT2D eigenvalue weighted by Crippen LogP contribution is -2.34. The number of nitrogens with two attached hydrogens (primary N) is 1. The maximum absolute atomic E-state index is 11.6. The number of sulfonamides is 1. The summed E-state index contributed by atoms with van der Waals surface area (Å²) in [7, 11) is -3.19. The van der Waals surface area contributed by atoms with E-state index in [0.29, 0.717) is 43.4 Å². The van der Waals surface area contributed by atoms with Gasteiger partial charge >= 0.3 is 0 Å². The molecule has 0 aromatic carbocycles. The van der Waals surface area contributed by atoms with Crippen molar-refractivity contribution in [2.24, 2.45) is 5.73 Å². The molecule has 0 spiro atoms. The van der Waals surface area contributed by atoms with Gasteiger partial charge in [0.1, 0.15) is 5.82 Å². The second kappa shape index (κ2) is 6.17. The highest BCUT2D eigenvalue weighted by atomic mass is 35.5. The van der Waals surface area contributed by atoms with Crippen molar-refractivity contribution >= 4 is 33.3 Å². The summed E-state index contributed by atoms with van der Waals surface area (Å²) in [5, 5.41) is 0.333. The van der Waals surface area contributed by atoms with E-state index in [1.807, 2.05) is 4.90 Å². The number of amides is 1. The number of aromatic nitrogens is 1. The first-order chi connectivity index (χ1) is 9.79. The van der Waals surface area contributed by atoms with Gasteiger partial charge in [0.2, 0.25) is 15.9 Å².